The van der Waals surface area contributed by atoms with Gasteiger partial charge < -0.3 is 4.57 Å². The van der Waals surface area contributed by atoms with Gasteiger partial charge in [0.1, 0.15) is 11.4 Å². The molecule has 0 fully saturated rings. The number of hydrogen-bond acceptors (Lipinski definition) is 6. The molecule has 0 amide bonds. The summed E-state index contributed by atoms with van der Waals surface area (Å²) in [5.74, 6) is -0.452. The van der Waals surface area contributed by atoms with Crippen LogP contribution in [0.15, 0.2) is 77.1 Å². The van der Waals surface area contributed by atoms with Gasteiger partial charge in [-0.2, -0.15) is 10.2 Å². The Hall–Kier alpha value is -4.00. The number of ketones is 2. The van der Waals surface area contributed by atoms with E-state index in [1.165, 1.54) is 13.8 Å². The van der Waals surface area contributed by atoms with Crippen LogP contribution in [0.2, 0.25) is 0 Å². The number of benzene rings is 2. The molecule has 2 N–H and O–H groups in total. The summed E-state index contributed by atoms with van der Waals surface area (Å²) in [5, 5.41) is 8.73. The number of rotatable bonds is 8. The number of Topliss-reactive ketones (excluding diaryl/α,β-unsaturated/α-hetero) is 2. The van der Waals surface area contributed by atoms with Crippen LogP contribution in [0.1, 0.15) is 30.7 Å². The Labute approximate surface area is 181 Å². The van der Waals surface area contributed by atoms with Crippen molar-refractivity contribution in [2.24, 2.45) is 17.3 Å². The van der Waals surface area contributed by atoms with Crippen molar-refractivity contribution in [3.8, 4) is 0 Å². The van der Waals surface area contributed by atoms with Gasteiger partial charge in [0.2, 0.25) is 0 Å². The number of aryl methyl sites for hydroxylation is 1. The molecule has 0 unspecified atom stereocenters. The Morgan fingerprint density at radius 1 is 0.774 bits per heavy atom. The molecule has 31 heavy (non-hydrogen) atoms. The molecule has 1 aromatic heterocycles. The van der Waals surface area contributed by atoms with Gasteiger partial charge in [0.15, 0.2) is 11.6 Å². The van der Waals surface area contributed by atoms with Gasteiger partial charge in [0.25, 0.3) is 0 Å². The molecule has 0 radical (unpaired) electrons. The largest absolute Gasteiger partial charge is 0.353 e. The maximum atomic E-state index is 12.5. The quantitative estimate of drug-likeness (QED) is 0.427. The zero-order valence-corrected chi connectivity index (χ0v) is 18.0. The third kappa shape index (κ3) is 5.14. The number of hydrogen-bond donors (Lipinski definition) is 2. The highest BCUT2D eigenvalue weighted by atomic mass is 16.1. The van der Waals surface area contributed by atoms with Crippen molar-refractivity contribution >= 4 is 34.4 Å². The molecule has 0 aliphatic carbocycles. The smallest absolute Gasteiger partial charge is 0.180 e. The molecule has 0 saturated heterocycles. The summed E-state index contributed by atoms with van der Waals surface area (Å²) in [6.07, 6.45) is 1.79. The summed E-state index contributed by atoms with van der Waals surface area (Å²) in [7, 11) is 1.85. The molecule has 3 rings (SSSR count). The topological polar surface area (TPSA) is 87.8 Å². The molecule has 158 valence electrons. The van der Waals surface area contributed by atoms with Crippen molar-refractivity contribution in [1.82, 2.24) is 4.57 Å². The fourth-order valence-electron chi connectivity index (χ4n) is 3.11. The minimum Gasteiger partial charge on any atom is -0.353 e. The summed E-state index contributed by atoms with van der Waals surface area (Å²) in [6.45, 7) is 4.78. The second kappa shape index (κ2) is 9.67. The molecule has 0 saturated carbocycles. The lowest BCUT2D eigenvalue weighted by Crippen LogP contribution is -2.21. The van der Waals surface area contributed by atoms with E-state index in [4.69, 9.17) is 0 Å². The Morgan fingerprint density at radius 2 is 1.23 bits per heavy atom. The first-order chi connectivity index (χ1) is 14.9. The molecule has 7 heteroatoms. The lowest BCUT2D eigenvalue weighted by molar-refractivity contribution is -0.111. The van der Waals surface area contributed by atoms with E-state index < -0.39 is 0 Å². The fourth-order valence-corrected chi connectivity index (χ4v) is 3.11. The molecule has 0 aliphatic heterocycles. The Morgan fingerprint density at radius 3 is 1.68 bits per heavy atom. The van der Waals surface area contributed by atoms with Crippen molar-refractivity contribution in [3.05, 3.63) is 83.7 Å². The van der Waals surface area contributed by atoms with Crippen LogP contribution in [0, 0.1) is 6.92 Å². The van der Waals surface area contributed by atoms with Gasteiger partial charge in [-0.3, -0.25) is 20.4 Å². The highest BCUT2D eigenvalue weighted by Gasteiger charge is 2.25. The van der Waals surface area contributed by atoms with Crippen LogP contribution in [0.25, 0.3) is 0 Å². The highest BCUT2D eigenvalue weighted by molar-refractivity contribution is 6.52. The van der Waals surface area contributed by atoms with Gasteiger partial charge in [-0.05, 0) is 31.2 Å². The van der Waals surface area contributed by atoms with E-state index in [2.05, 4.69) is 21.1 Å². The minimum absolute atomic E-state index is 0.219. The standard InChI is InChI=1S/C24H25N5O2/c1-16-22(24(18(3)31)28-26-20-13-9-6-10-14-20)21(15-29(16)4)23(17(2)30)27-25-19-11-7-5-8-12-19/h5-15,25-26H,1-4H3/b27-23-,28-24-. The molecule has 7 nitrogen and oxygen atoms in total. The average Bonchev–Trinajstić information content (AvgIpc) is 3.04. The van der Waals surface area contributed by atoms with E-state index in [1.54, 1.807) is 6.20 Å². The number of carbonyl (C=O) groups is 2. The van der Waals surface area contributed by atoms with Crippen LogP contribution in [-0.2, 0) is 16.6 Å². The average molecular weight is 415 g/mol. The SMILES string of the molecule is CC(=O)/C(=N/Nc1ccccc1)c1cn(C)c(C)c1/C(=N\Nc1ccccc1)C(C)=O. The second-order valence-corrected chi connectivity index (χ2v) is 7.10. The van der Waals surface area contributed by atoms with E-state index in [1.807, 2.05) is 79.2 Å². The Kier molecular flexibility index (Phi) is 6.77. The second-order valence-electron chi connectivity index (χ2n) is 7.10. The van der Waals surface area contributed by atoms with Gasteiger partial charge in [-0.15, -0.1) is 0 Å². The molecule has 2 aromatic carbocycles. The van der Waals surface area contributed by atoms with Crippen LogP contribution in [0.3, 0.4) is 0 Å². The molecule has 1 heterocycles. The zero-order chi connectivity index (χ0) is 22.4. The molecule has 3 aromatic rings. The van der Waals surface area contributed by atoms with Crippen LogP contribution in [0.4, 0.5) is 11.4 Å². The minimum atomic E-state index is -0.228. The maximum absolute atomic E-state index is 12.5. The number of aromatic nitrogens is 1. The molecular formula is C24H25N5O2. The Balaban J connectivity index is 2.07. The first kappa shape index (κ1) is 21.7. The third-order valence-corrected chi connectivity index (χ3v) is 4.78. The van der Waals surface area contributed by atoms with E-state index in [-0.39, 0.29) is 23.0 Å². The van der Waals surface area contributed by atoms with Crippen molar-refractivity contribution in [2.45, 2.75) is 20.8 Å². The molecule has 0 atom stereocenters. The number of nitrogens with one attached hydrogen (secondary N) is 2. The van der Waals surface area contributed by atoms with E-state index in [0.29, 0.717) is 11.1 Å². The number of carbonyl (C=O) groups excluding carboxylic acids is 2. The van der Waals surface area contributed by atoms with Crippen molar-refractivity contribution < 1.29 is 9.59 Å². The summed E-state index contributed by atoms with van der Waals surface area (Å²) in [4.78, 5) is 25.0. The summed E-state index contributed by atoms with van der Waals surface area (Å²) < 4.78 is 1.85. The third-order valence-electron chi connectivity index (χ3n) is 4.78. The number of anilines is 2. The van der Waals surface area contributed by atoms with E-state index >= 15 is 0 Å². The monoisotopic (exact) mass is 415 g/mol. The van der Waals surface area contributed by atoms with Gasteiger partial charge in [0.05, 0.1) is 11.4 Å². The van der Waals surface area contributed by atoms with Gasteiger partial charge in [-0.25, -0.2) is 0 Å². The van der Waals surface area contributed by atoms with Crippen LogP contribution < -0.4 is 10.9 Å². The molecule has 0 bridgehead atoms. The molecule has 0 spiro atoms. The zero-order valence-electron chi connectivity index (χ0n) is 18.0. The van der Waals surface area contributed by atoms with Gasteiger partial charge in [0, 0.05) is 43.9 Å². The lowest BCUT2D eigenvalue weighted by atomic mass is 9.98. The summed E-state index contributed by atoms with van der Waals surface area (Å²) in [6, 6.07) is 18.7. The first-order valence-corrected chi connectivity index (χ1v) is 9.84. The predicted molar refractivity (Wildman–Crippen MR) is 125 cm³/mol. The van der Waals surface area contributed by atoms with E-state index in [9.17, 15) is 9.59 Å². The highest BCUT2D eigenvalue weighted by Crippen LogP contribution is 2.21. The lowest BCUT2D eigenvalue weighted by Gasteiger charge is -2.10. The fraction of sp³-hybridized carbons (Fsp3) is 0.167. The number of hydrazone groups is 2. The summed E-state index contributed by atoms with van der Waals surface area (Å²) in [5.41, 5.74) is 9.72. The van der Waals surface area contributed by atoms with Gasteiger partial charge in [-0.1, -0.05) is 36.4 Å². The summed E-state index contributed by atoms with van der Waals surface area (Å²) >= 11 is 0. The molecular weight excluding hydrogens is 390 g/mol. The van der Waals surface area contributed by atoms with Crippen molar-refractivity contribution in [1.29, 1.82) is 0 Å². The van der Waals surface area contributed by atoms with Crippen LogP contribution in [-0.4, -0.2) is 27.6 Å². The number of para-hydroxylation sites is 2. The Bertz CT molecular complexity index is 1150. The first-order valence-electron chi connectivity index (χ1n) is 9.84. The van der Waals surface area contributed by atoms with Crippen molar-refractivity contribution in [2.75, 3.05) is 10.9 Å². The molecule has 0 aliphatic rings. The van der Waals surface area contributed by atoms with Crippen molar-refractivity contribution in [3.63, 3.8) is 0 Å². The predicted octanol–water partition coefficient (Wildman–Crippen LogP) is 4.14. The van der Waals surface area contributed by atoms with Crippen LogP contribution >= 0.6 is 0 Å². The number of nitrogens with zero attached hydrogens (tertiary/aromatic N) is 3. The van der Waals surface area contributed by atoms with Gasteiger partial charge >= 0.3 is 0 Å². The van der Waals surface area contributed by atoms with Crippen LogP contribution in [0.5, 0.6) is 0 Å². The normalized spacial score (nSPS) is 11.9. The maximum Gasteiger partial charge on any atom is 0.180 e. The van der Waals surface area contributed by atoms with E-state index in [0.717, 1.165) is 17.1 Å².